The average molecular weight is 444 g/mol. The Morgan fingerprint density at radius 1 is 1.06 bits per heavy atom. The molecule has 0 saturated heterocycles. The summed E-state index contributed by atoms with van der Waals surface area (Å²) in [6.45, 7) is -0.00778. The Balaban J connectivity index is 1.30. The Morgan fingerprint density at radius 2 is 1.73 bits per heavy atom. The first-order chi connectivity index (χ1) is 16.0. The van der Waals surface area contributed by atoms with Gasteiger partial charge in [0.1, 0.15) is 13.2 Å². The number of carbonyl (C=O) groups is 3. The lowest BCUT2D eigenvalue weighted by Gasteiger charge is -2.14. The number of nitrogens with one attached hydrogen (secondary N) is 2. The van der Waals surface area contributed by atoms with Gasteiger partial charge in [-0.3, -0.25) is 14.8 Å². The van der Waals surface area contributed by atoms with Crippen LogP contribution >= 0.6 is 0 Å². The number of carboxylic acids is 1. The number of aromatic nitrogens is 2. The van der Waals surface area contributed by atoms with E-state index in [4.69, 9.17) is 9.84 Å². The first-order valence-electron chi connectivity index (χ1n) is 10.1. The van der Waals surface area contributed by atoms with Crippen LogP contribution in [0.1, 0.15) is 17.0 Å². The number of anilines is 1. The largest absolute Gasteiger partial charge is 0.472 e. The summed E-state index contributed by atoms with van der Waals surface area (Å²) >= 11 is 0. The third-order valence-electron chi connectivity index (χ3n) is 5.10. The molecule has 2 aromatic carbocycles. The molecule has 33 heavy (non-hydrogen) atoms. The highest BCUT2D eigenvalue weighted by molar-refractivity contribution is 5.87. The third kappa shape index (κ3) is 5.19. The molecule has 9 nitrogen and oxygen atoms in total. The van der Waals surface area contributed by atoms with Gasteiger partial charge >= 0.3 is 12.1 Å². The van der Waals surface area contributed by atoms with Crippen molar-refractivity contribution in [2.24, 2.45) is 0 Å². The standard InChI is InChI=1S/C24H20N4O5/c29-22(25-11-5-10-23(30)31)14-28-13-16(12-26-28)27-24(32)33-15-21-19-8-3-1-6-17(19)18-7-2-4-9-20(18)21/h1-4,6-9,12-13,21H,11,14-15H2,(H,25,29)(H,27,32)(H,30,31). The molecule has 0 radical (unpaired) electrons. The van der Waals surface area contributed by atoms with Crippen LogP contribution in [-0.2, 0) is 20.9 Å². The lowest BCUT2D eigenvalue weighted by atomic mass is 9.98. The quantitative estimate of drug-likeness (QED) is 0.502. The molecule has 0 fully saturated rings. The normalized spacial score (nSPS) is 11.5. The summed E-state index contributed by atoms with van der Waals surface area (Å²) in [6, 6.07) is 16.2. The van der Waals surface area contributed by atoms with Gasteiger partial charge in [0, 0.05) is 18.0 Å². The summed E-state index contributed by atoms with van der Waals surface area (Å²) in [5.41, 5.74) is 4.92. The molecule has 1 aromatic heterocycles. The van der Waals surface area contributed by atoms with Gasteiger partial charge in [-0.15, -0.1) is 0 Å². The van der Waals surface area contributed by atoms with E-state index < -0.39 is 18.0 Å². The van der Waals surface area contributed by atoms with Crippen molar-refractivity contribution in [3.05, 3.63) is 72.1 Å². The number of hydrogen-bond acceptors (Lipinski definition) is 5. The minimum Gasteiger partial charge on any atom is -0.472 e. The molecule has 1 heterocycles. The Bertz CT molecular complexity index is 1230. The summed E-state index contributed by atoms with van der Waals surface area (Å²) < 4.78 is 6.82. The summed E-state index contributed by atoms with van der Waals surface area (Å²) in [4.78, 5) is 34.5. The van der Waals surface area contributed by atoms with Crippen LogP contribution in [0, 0.1) is 11.8 Å². The Hall–Kier alpha value is -4.58. The van der Waals surface area contributed by atoms with E-state index in [2.05, 4.69) is 33.8 Å². The van der Waals surface area contributed by atoms with Gasteiger partial charge in [-0.05, 0) is 22.3 Å². The number of benzene rings is 2. The van der Waals surface area contributed by atoms with Crippen LogP contribution in [0.5, 0.6) is 0 Å². The van der Waals surface area contributed by atoms with Gasteiger partial charge in [-0.2, -0.15) is 5.10 Å². The maximum atomic E-state index is 12.3. The number of fused-ring (bicyclic) bond motifs is 3. The average Bonchev–Trinajstić information content (AvgIpc) is 3.37. The monoisotopic (exact) mass is 444 g/mol. The summed E-state index contributed by atoms with van der Waals surface area (Å²) in [5.74, 6) is 2.50. The topological polar surface area (TPSA) is 123 Å². The van der Waals surface area contributed by atoms with Crippen molar-refractivity contribution in [2.75, 3.05) is 18.5 Å². The van der Waals surface area contributed by atoms with Crippen molar-refractivity contribution in [1.82, 2.24) is 15.1 Å². The Morgan fingerprint density at radius 3 is 2.39 bits per heavy atom. The number of nitrogens with zero attached hydrogens (tertiary/aromatic N) is 2. The van der Waals surface area contributed by atoms with Crippen molar-refractivity contribution < 1.29 is 24.2 Å². The molecule has 166 valence electrons. The number of ether oxygens (including phenoxy) is 1. The number of hydrogen-bond donors (Lipinski definition) is 3. The zero-order valence-corrected chi connectivity index (χ0v) is 17.4. The second-order valence-corrected chi connectivity index (χ2v) is 7.26. The number of aliphatic carboxylic acids is 1. The Kier molecular flexibility index (Phi) is 6.36. The van der Waals surface area contributed by atoms with Gasteiger partial charge < -0.3 is 15.2 Å². The fraction of sp³-hybridized carbons (Fsp3) is 0.167. The lowest BCUT2D eigenvalue weighted by molar-refractivity contribution is -0.130. The minimum atomic E-state index is -1.26. The van der Waals surface area contributed by atoms with Crippen LogP contribution in [0.3, 0.4) is 0 Å². The molecular weight excluding hydrogens is 424 g/mol. The Labute approximate surface area is 189 Å². The predicted octanol–water partition coefficient (Wildman–Crippen LogP) is 2.45. The fourth-order valence-corrected chi connectivity index (χ4v) is 3.73. The molecule has 1 aliphatic rings. The lowest BCUT2D eigenvalue weighted by Crippen LogP contribution is -2.28. The molecule has 0 bridgehead atoms. The summed E-state index contributed by atoms with van der Waals surface area (Å²) in [5, 5.41) is 17.5. The molecule has 1 aliphatic carbocycles. The number of carbonyl (C=O) groups excluding carboxylic acids is 2. The summed E-state index contributed by atoms with van der Waals surface area (Å²) in [6.07, 6.45) is 2.27. The van der Waals surface area contributed by atoms with Crippen LogP contribution in [0.15, 0.2) is 60.9 Å². The van der Waals surface area contributed by atoms with Gasteiger partial charge in [0.25, 0.3) is 0 Å². The van der Waals surface area contributed by atoms with E-state index in [1.807, 2.05) is 42.3 Å². The molecule has 9 heteroatoms. The molecule has 2 amide bonds. The highest BCUT2D eigenvalue weighted by atomic mass is 16.5. The molecule has 3 N–H and O–H groups in total. The maximum Gasteiger partial charge on any atom is 0.411 e. The van der Waals surface area contributed by atoms with Crippen molar-refractivity contribution in [3.8, 4) is 23.0 Å². The molecule has 3 aromatic rings. The second-order valence-electron chi connectivity index (χ2n) is 7.26. The first kappa shape index (κ1) is 21.6. The van der Waals surface area contributed by atoms with Crippen molar-refractivity contribution in [1.29, 1.82) is 0 Å². The van der Waals surface area contributed by atoms with E-state index >= 15 is 0 Å². The number of amides is 2. The minimum absolute atomic E-state index is 0.0428. The maximum absolute atomic E-state index is 12.3. The molecule has 0 atom stereocenters. The SMILES string of the molecule is O=C(O)C#CCNC(=O)Cn1cc(NC(=O)OCC2c3ccccc3-c3ccccc32)cn1. The van der Waals surface area contributed by atoms with Crippen LogP contribution < -0.4 is 10.6 Å². The highest BCUT2D eigenvalue weighted by Crippen LogP contribution is 2.44. The van der Waals surface area contributed by atoms with E-state index in [1.54, 1.807) is 0 Å². The molecule has 0 unspecified atom stereocenters. The smallest absolute Gasteiger partial charge is 0.411 e. The molecule has 0 saturated carbocycles. The number of carboxylic acid groups (broad SMARTS) is 1. The van der Waals surface area contributed by atoms with E-state index in [1.165, 1.54) is 17.1 Å². The van der Waals surface area contributed by atoms with Crippen LogP contribution in [-0.4, -0.2) is 46.0 Å². The first-order valence-corrected chi connectivity index (χ1v) is 10.1. The van der Waals surface area contributed by atoms with Crippen molar-refractivity contribution >= 4 is 23.7 Å². The van der Waals surface area contributed by atoms with E-state index in [0.29, 0.717) is 5.69 Å². The second kappa shape index (κ2) is 9.70. The van der Waals surface area contributed by atoms with Gasteiger partial charge in [-0.25, -0.2) is 9.59 Å². The molecule has 0 aliphatic heterocycles. The summed E-state index contributed by atoms with van der Waals surface area (Å²) in [7, 11) is 0. The van der Waals surface area contributed by atoms with Crippen LogP contribution in [0.25, 0.3) is 11.1 Å². The zero-order chi connectivity index (χ0) is 23.2. The van der Waals surface area contributed by atoms with Crippen LogP contribution in [0.4, 0.5) is 10.5 Å². The van der Waals surface area contributed by atoms with Gasteiger partial charge in [0.15, 0.2) is 0 Å². The van der Waals surface area contributed by atoms with Gasteiger partial charge in [-0.1, -0.05) is 54.5 Å². The number of rotatable bonds is 6. The molecular formula is C24H20N4O5. The zero-order valence-electron chi connectivity index (χ0n) is 17.4. The van der Waals surface area contributed by atoms with E-state index in [9.17, 15) is 14.4 Å². The highest BCUT2D eigenvalue weighted by Gasteiger charge is 2.29. The van der Waals surface area contributed by atoms with Crippen molar-refractivity contribution in [2.45, 2.75) is 12.5 Å². The van der Waals surface area contributed by atoms with Crippen molar-refractivity contribution in [3.63, 3.8) is 0 Å². The van der Waals surface area contributed by atoms with E-state index in [0.717, 1.165) is 22.3 Å². The third-order valence-corrected chi connectivity index (χ3v) is 5.10. The molecule has 0 spiro atoms. The fourth-order valence-electron chi connectivity index (χ4n) is 3.73. The van der Waals surface area contributed by atoms with Gasteiger partial charge in [0.05, 0.1) is 18.4 Å². The van der Waals surface area contributed by atoms with E-state index in [-0.39, 0.29) is 25.6 Å². The van der Waals surface area contributed by atoms with Gasteiger partial charge in [0.2, 0.25) is 5.91 Å². The molecule has 4 rings (SSSR count). The predicted molar refractivity (Wildman–Crippen MR) is 119 cm³/mol. The van der Waals surface area contributed by atoms with Crippen LogP contribution in [0.2, 0.25) is 0 Å².